The Bertz CT molecular complexity index is 1300. The maximum absolute atomic E-state index is 13.1. The number of carbonyl (C=O) groups is 1. The van der Waals surface area contributed by atoms with Crippen LogP contribution in [0.3, 0.4) is 0 Å². The Balaban J connectivity index is 1.35. The lowest BCUT2D eigenvalue weighted by molar-refractivity contribution is -0.129. The second-order valence-electron chi connectivity index (χ2n) is 7.88. The molecule has 5 rings (SSSR count). The first-order valence-corrected chi connectivity index (χ1v) is 11.8. The molecule has 0 N–H and O–H groups in total. The second kappa shape index (κ2) is 9.19. The number of ether oxygens (including phenoxy) is 2. The van der Waals surface area contributed by atoms with E-state index in [2.05, 4.69) is 22.8 Å². The van der Waals surface area contributed by atoms with Crippen molar-refractivity contribution in [3.05, 3.63) is 77.9 Å². The van der Waals surface area contributed by atoms with Crippen LogP contribution < -0.4 is 9.47 Å². The fourth-order valence-electron chi connectivity index (χ4n) is 4.24. The monoisotopic (exact) mass is 459 g/mol. The van der Waals surface area contributed by atoms with Gasteiger partial charge in [0.25, 0.3) is 0 Å². The summed E-state index contributed by atoms with van der Waals surface area (Å²) < 4.78 is 13.0. The number of imidazole rings is 1. The predicted molar refractivity (Wildman–Crippen MR) is 130 cm³/mol. The zero-order chi connectivity index (χ0) is 22.8. The molecule has 0 saturated heterocycles. The van der Waals surface area contributed by atoms with Crippen molar-refractivity contribution in [2.24, 2.45) is 0 Å². The Labute approximate surface area is 197 Å². The lowest BCUT2D eigenvalue weighted by Gasteiger charge is -2.29. The highest BCUT2D eigenvalue weighted by Gasteiger charge is 2.24. The number of thioether (sulfide) groups is 1. The fraction of sp³-hybridized carbons (Fsp3) is 0.231. The number of amides is 1. The van der Waals surface area contributed by atoms with E-state index in [1.807, 2.05) is 53.4 Å². The van der Waals surface area contributed by atoms with Crippen LogP contribution in [0.5, 0.6) is 11.5 Å². The molecule has 6 nitrogen and oxygen atoms in total. The van der Waals surface area contributed by atoms with E-state index in [9.17, 15) is 4.79 Å². The number of aromatic nitrogens is 2. The van der Waals surface area contributed by atoms with Gasteiger partial charge in [0.05, 0.1) is 31.0 Å². The Kier molecular flexibility index (Phi) is 5.96. The fourth-order valence-corrected chi connectivity index (χ4v) is 5.17. The van der Waals surface area contributed by atoms with Crippen LogP contribution in [0.25, 0.3) is 16.7 Å². The minimum atomic E-state index is 0.104. The molecular formula is C26H25N3O3S. The molecule has 7 heteroatoms. The molecule has 4 aromatic rings. The third-order valence-electron chi connectivity index (χ3n) is 5.94. The van der Waals surface area contributed by atoms with Gasteiger partial charge in [-0.3, -0.25) is 9.36 Å². The van der Waals surface area contributed by atoms with Crippen molar-refractivity contribution < 1.29 is 14.3 Å². The first kappa shape index (κ1) is 21.4. The lowest BCUT2D eigenvalue weighted by atomic mass is 9.99. The summed E-state index contributed by atoms with van der Waals surface area (Å²) >= 11 is 1.48. The van der Waals surface area contributed by atoms with Crippen molar-refractivity contribution in [2.75, 3.05) is 26.5 Å². The van der Waals surface area contributed by atoms with Crippen molar-refractivity contribution in [3.8, 4) is 17.2 Å². The summed E-state index contributed by atoms with van der Waals surface area (Å²) in [5.41, 5.74) is 5.30. The average Bonchev–Trinajstić information content (AvgIpc) is 3.25. The third kappa shape index (κ3) is 4.16. The summed E-state index contributed by atoms with van der Waals surface area (Å²) in [6.45, 7) is 1.27. The van der Waals surface area contributed by atoms with Gasteiger partial charge in [-0.05, 0) is 53.9 Å². The minimum Gasteiger partial charge on any atom is -0.493 e. The normalized spacial score (nSPS) is 13.1. The Morgan fingerprint density at radius 2 is 1.67 bits per heavy atom. The van der Waals surface area contributed by atoms with Gasteiger partial charge in [0.1, 0.15) is 0 Å². The molecule has 0 aliphatic carbocycles. The van der Waals surface area contributed by atoms with Crippen LogP contribution in [0.4, 0.5) is 0 Å². The van der Waals surface area contributed by atoms with Gasteiger partial charge in [-0.25, -0.2) is 4.98 Å². The van der Waals surface area contributed by atoms with Crippen molar-refractivity contribution >= 4 is 28.7 Å². The molecule has 2 heterocycles. The first-order chi connectivity index (χ1) is 16.2. The first-order valence-electron chi connectivity index (χ1n) is 10.8. The van der Waals surface area contributed by atoms with Crippen LogP contribution >= 0.6 is 11.8 Å². The van der Waals surface area contributed by atoms with Crippen LogP contribution in [-0.2, 0) is 17.8 Å². The summed E-state index contributed by atoms with van der Waals surface area (Å²) in [5.74, 6) is 1.86. The van der Waals surface area contributed by atoms with Gasteiger partial charge < -0.3 is 14.4 Å². The Morgan fingerprint density at radius 3 is 2.42 bits per heavy atom. The lowest BCUT2D eigenvalue weighted by Crippen LogP contribution is -2.37. The number of carbonyl (C=O) groups excluding carboxylic acids is 1. The molecule has 0 fully saturated rings. The predicted octanol–water partition coefficient (Wildman–Crippen LogP) is 4.72. The van der Waals surface area contributed by atoms with Crippen LogP contribution in [0, 0.1) is 0 Å². The quantitative estimate of drug-likeness (QED) is 0.391. The maximum Gasteiger partial charge on any atom is 0.233 e. The molecule has 0 unspecified atom stereocenters. The molecule has 168 valence electrons. The molecule has 1 amide bonds. The number of fused-ring (bicyclic) bond motifs is 2. The van der Waals surface area contributed by atoms with Crippen molar-refractivity contribution in [1.29, 1.82) is 0 Å². The van der Waals surface area contributed by atoms with Gasteiger partial charge in [0.15, 0.2) is 16.7 Å². The highest BCUT2D eigenvalue weighted by Crippen LogP contribution is 2.34. The van der Waals surface area contributed by atoms with Gasteiger partial charge in [0, 0.05) is 18.8 Å². The van der Waals surface area contributed by atoms with E-state index in [4.69, 9.17) is 14.5 Å². The molecular weight excluding hydrogens is 434 g/mol. The molecule has 1 aliphatic rings. The number of hydrogen-bond donors (Lipinski definition) is 0. The standard InChI is InChI=1S/C26H25N3O3S/c1-31-23-14-18-12-13-28(16-19(18)15-24(23)32-2)25(30)17-33-26-27-21-10-6-7-11-22(21)29(26)20-8-4-3-5-9-20/h3-11,14-15H,12-13,16-17H2,1-2H3. The van der Waals surface area contributed by atoms with Crippen molar-refractivity contribution in [3.63, 3.8) is 0 Å². The highest BCUT2D eigenvalue weighted by molar-refractivity contribution is 7.99. The van der Waals surface area contributed by atoms with E-state index in [1.54, 1.807) is 14.2 Å². The molecule has 0 saturated carbocycles. The van der Waals surface area contributed by atoms with Crippen molar-refractivity contribution in [1.82, 2.24) is 14.5 Å². The zero-order valence-corrected chi connectivity index (χ0v) is 19.5. The van der Waals surface area contributed by atoms with E-state index in [0.717, 1.165) is 39.6 Å². The summed E-state index contributed by atoms with van der Waals surface area (Å²) in [7, 11) is 3.27. The number of para-hydroxylation sites is 3. The minimum absolute atomic E-state index is 0.104. The summed E-state index contributed by atoms with van der Waals surface area (Å²) in [6.07, 6.45) is 0.800. The molecule has 1 aromatic heterocycles. The summed E-state index contributed by atoms with van der Waals surface area (Å²) in [6, 6.07) is 22.2. The molecule has 33 heavy (non-hydrogen) atoms. The van der Waals surface area contributed by atoms with E-state index < -0.39 is 0 Å². The van der Waals surface area contributed by atoms with Gasteiger partial charge in [0.2, 0.25) is 5.91 Å². The van der Waals surface area contributed by atoms with E-state index >= 15 is 0 Å². The molecule has 0 spiro atoms. The number of methoxy groups -OCH3 is 2. The smallest absolute Gasteiger partial charge is 0.233 e. The SMILES string of the molecule is COc1cc2c(cc1OC)CN(C(=O)CSc1nc3ccccc3n1-c1ccccc1)CC2. The van der Waals surface area contributed by atoms with E-state index in [-0.39, 0.29) is 5.91 Å². The second-order valence-corrected chi connectivity index (χ2v) is 8.83. The molecule has 0 bridgehead atoms. The largest absolute Gasteiger partial charge is 0.493 e. The summed E-state index contributed by atoms with van der Waals surface area (Å²) in [4.78, 5) is 19.9. The summed E-state index contributed by atoms with van der Waals surface area (Å²) in [5, 5.41) is 0.819. The van der Waals surface area contributed by atoms with Gasteiger partial charge in [-0.1, -0.05) is 42.1 Å². The van der Waals surface area contributed by atoms with Crippen molar-refractivity contribution in [2.45, 2.75) is 18.1 Å². The average molecular weight is 460 g/mol. The zero-order valence-electron chi connectivity index (χ0n) is 18.7. The van der Waals surface area contributed by atoms with E-state index in [0.29, 0.717) is 24.6 Å². The molecule has 0 atom stereocenters. The van der Waals surface area contributed by atoms with Gasteiger partial charge >= 0.3 is 0 Å². The van der Waals surface area contributed by atoms with Crippen LogP contribution in [0.15, 0.2) is 71.9 Å². The Hall–Kier alpha value is -3.45. The van der Waals surface area contributed by atoms with Crippen LogP contribution in [-0.4, -0.2) is 46.9 Å². The number of rotatable bonds is 6. The number of nitrogens with zero attached hydrogens (tertiary/aromatic N) is 3. The Morgan fingerprint density at radius 1 is 0.970 bits per heavy atom. The molecule has 1 aliphatic heterocycles. The van der Waals surface area contributed by atoms with Crippen LogP contribution in [0.1, 0.15) is 11.1 Å². The maximum atomic E-state index is 13.1. The van der Waals surface area contributed by atoms with Gasteiger partial charge in [-0.15, -0.1) is 0 Å². The molecule has 3 aromatic carbocycles. The highest BCUT2D eigenvalue weighted by atomic mass is 32.2. The van der Waals surface area contributed by atoms with Crippen LogP contribution in [0.2, 0.25) is 0 Å². The molecule has 0 radical (unpaired) electrons. The van der Waals surface area contributed by atoms with E-state index in [1.165, 1.54) is 17.3 Å². The van der Waals surface area contributed by atoms with Gasteiger partial charge in [-0.2, -0.15) is 0 Å². The number of benzene rings is 3. The third-order valence-corrected chi connectivity index (χ3v) is 6.86. The topological polar surface area (TPSA) is 56.6 Å². The number of hydrogen-bond acceptors (Lipinski definition) is 5.